The fourth-order valence-corrected chi connectivity index (χ4v) is 3.79. The SMILES string of the molecule is Cc1noc(C)c1COc1ccccc1C(=O)NC(CN)C1CCCCC1.Cl. The Morgan fingerprint density at radius 2 is 2.00 bits per heavy atom. The molecule has 1 heterocycles. The van der Waals surface area contributed by atoms with Gasteiger partial charge in [0.1, 0.15) is 18.1 Å². The molecule has 6 nitrogen and oxygen atoms in total. The first-order chi connectivity index (χ1) is 13.1. The zero-order valence-corrected chi connectivity index (χ0v) is 17.4. The van der Waals surface area contributed by atoms with Crippen molar-refractivity contribution in [3.63, 3.8) is 0 Å². The zero-order chi connectivity index (χ0) is 19.2. The highest BCUT2D eigenvalue weighted by atomic mass is 35.5. The van der Waals surface area contributed by atoms with E-state index in [4.69, 9.17) is 15.0 Å². The molecule has 1 saturated carbocycles. The summed E-state index contributed by atoms with van der Waals surface area (Å²) in [6, 6.07) is 7.31. The Kier molecular flexibility index (Phi) is 8.33. The average molecular weight is 408 g/mol. The van der Waals surface area contributed by atoms with Gasteiger partial charge in [-0.25, -0.2) is 0 Å². The first-order valence-electron chi connectivity index (χ1n) is 9.74. The molecule has 1 aromatic carbocycles. The largest absolute Gasteiger partial charge is 0.488 e. The number of amides is 1. The maximum absolute atomic E-state index is 12.9. The lowest BCUT2D eigenvalue weighted by molar-refractivity contribution is 0.0911. The number of halogens is 1. The van der Waals surface area contributed by atoms with Gasteiger partial charge >= 0.3 is 0 Å². The number of hydrogen-bond acceptors (Lipinski definition) is 5. The molecule has 1 unspecified atom stereocenters. The highest BCUT2D eigenvalue weighted by Crippen LogP contribution is 2.27. The lowest BCUT2D eigenvalue weighted by atomic mass is 9.84. The maximum atomic E-state index is 12.9. The molecule has 0 radical (unpaired) electrons. The number of nitrogens with one attached hydrogen (secondary N) is 1. The molecule has 0 saturated heterocycles. The smallest absolute Gasteiger partial charge is 0.255 e. The van der Waals surface area contributed by atoms with Gasteiger partial charge < -0.3 is 20.3 Å². The first-order valence-corrected chi connectivity index (χ1v) is 9.74. The summed E-state index contributed by atoms with van der Waals surface area (Å²) >= 11 is 0. The Balaban J connectivity index is 0.00000280. The second-order valence-electron chi connectivity index (χ2n) is 7.30. The molecule has 154 valence electrons. The number of ether oxygens (including phenoxy) is 1. The van der Waals surface area contributed by atoms with Crippen molar-refractivity contribution in [2.45, 2.75) is 58.6 Å². The zero-order valence-electron chi connectivity index (χ0n) is 16.6. The van der Waals surface area contributed by atoms with Gasteiger partial charge in [0, 0.05) is 12.6 Å². The molecule has 1 aliphatic carbocycles. The normalized spacial score (nSPS) is 15.5. The van der Waals surface area contributed by atoms with Crippen molar-refractivity contribution in [2.75, 3.05) is 6.54 Å². The van der Waals surface area contributed by atoms with E-state index in [0.29, 0.717) is 30.4 Å². The quantitative estimate of drug-likeness (QED) is 0.725. The van der Waals surface area contributed by atoms with Gasteiger partial charge in [0.2, 0.25) is 0 Å². The molecule has 28 heavy (non-hydrogen) atoms. The molecule has 3 N–H and O–H groups in total. The minimum Gasteiger partial charge on any atom is -0.488 e. The van der Waals surface area contributed by atoms with Crippen molar-refractivity contribution in [3.8, 4) is 5.75 Å². The van der Waals surface area contributed by atoms with E-state index in [9.17, 15) is 4.79 Å². The van der Waals surface area contributed by atoms with Gasteiger partial charge in [-0.05, 0) is 44.7 Å². The van der Waals surface area contributed by atoms with Crippen molar-refractivity contribution in [1.29, 1.82) is 0 Å². The third kappa shape index (κ3) is 5.26. The van der Waals surface area contributed by atoms with Crippen LogP contribution in [0, 0.1) is 19.8 Å². The van der Waals surface area contributed by atoms with Crippen LogP contribution in [0.25, 0.3) is 0 Å². The number of hydrogen-bond donors (Lipinski definition) is 2. The highest BCUT2D eigenvalue weighted by Gasteiger charge is 2.25. The fourth-order valence-electron chi connectivity index (χ4n) is 3.79. The van der Waals surface area contributed by atoms with E-state index in [0.717, 1.165) is 29.9 Å². The monoisotopic (exact) mass is 407 g/mol. The number of carbonyl (C=O) groups excluding carboxylic acids is 1. The molecule has 0 aliphatic heterocycles. The number of aryl methyl sites for hydroxylation is 2. The van der Waals surface area contributed by atoms with Crippen LogP contribution < -0.4 is 15.8 Å². The van der Waals surface area contributed by atoms with E-state index < -0.39 is 0 Å². The number of aromatic nitrogens is 1. The van der Waals surface area contributed by atoms with Crippen LogP contribution in [0.15, 0.2) is 28.8 Å². The molecule has 0 spiro atoms. The minimum atomic E-state index is -0.134. The lowest BCUT2D eigenvalue weighted by Crippen LogP contribution is -2.46. The summed E-state index contributed by atoms with van der Waals surface area (Å²) in [5.74, 6) is 1.61. The van der Waals surface area contributed by atoms with Crippen LogP contribution in [0.1, 0.15) is 59.5 Å². The third-order valence-corrected chi connectivity index (χ3v) is 5.47. The number of nitrogens with zero attached hydrogens (tertiary/aromatic N) is 1. The molecule has 1 atom stereocenters. The van der Waals surface area contributed by atoms with Gasteiger partial charge in [0.25, 0.3) is 5.91 Å². The van der Waals surface area contributed by atoms with Gasteiger partial charge in [-0.2, -0.15) is 0 Å². The van der Waals surface area contributed by atoms with Crippen LogP contribution in [0.3, 0.4) is 0 Å². The first kappa shape index (κ1) is 22.2. The molecule has 1 fully saturated rings. The topological polar surface area (TPSA) is 90.4 Å². The molecule has 7 heteroatoms. The summed E-state index contributed by atoms with van der Waals surface area (Å²) in [7, 11) is 0. The van der Waals surface area contributed by atoms with Crippen molar-refractivity contribution in [1.82, 2.24) is 10.5 Å². The van der Waals surface area contributed by atoms with Gasteiger partial charge in [0.05, 0.1) is 16.8 Å². The minimum absolute atomic E-state index is 0. The van der Waals surface area contributed by atoms with Gasteiger partial charge in [-0.1, -0.05) is 36.6 Å². The Morgan fingerprint density at radius 1 is 1.29 bits per heavy atom. The Bertz CT molecular complexity index is 753. The molecule has 0 bridgehead atoms. The van der Waals surface area contributed by atoms with Crippen molar-refractivity contribution in [3.05, 3.63) is 46.8 Å². The van der Waals surface area contributed by atoms with Gasteiger partial charge in [0.15, 0.2) is 0 Å². The predicted molar refractivity (Wildman–Crippen MR) is 111 cm³/mol. The van der Waals surface area contributed by atoms with Crippen molar-refractivity contribution in [2.24, 2.45) is 11.7 Å². The second-order valence-corrected chi connectivity index (χ2v) is 7.30. The Hall–Kier alpha value is -2.05. The van der Waals surface area contributed by atoms with Crippen molar-refractivity contribution < 1.29 is 14.1 Å². The number of rotatable bonds is 7. The van der Waals surface area contributed by atoms with Crippen LogP contribution in [-0.4, -0.2) is 23.7 Å². The fraction of sp³-hybridized carbons (Fsp3) is 0.524. The Labute approximate surface area is 172 Å². The summed E-state index contributed by atoms with van der Waals surface area (Å²) in [6.45, 7) is 4.50. The third-order valence-electron chi connectivity index (χ3n) is 5.47. The van der Waals surface area contributed by atoms with Crippen LogP contribution in [0.4, 0.5) is 0 Å². The van der Waals surface area contributed by atoms with E-state index in [1.165, 1.54) is 19.3 Å². The van der Waals surface area contributed by atoms with E-state index in [-0.39, 0.29) is 24.4 Å². The van der Waals surface area contributed by atoms with Crippen LogP contribution in [0.5, 0.6) is 5.75 Å². The molecule has 1 aromatic heterocycles. The van der Waals surface area contributed by atoms with Crippen LogP contribution in [0.2, 0.25) is 0 Å². The van der Waals surface area contributed by atoms with Crippen LogP contribution in [-0.2, 0) is 6.61 Å². The Morgan fingerprint density at radius 3 is 2.64 bits per heavy atom. The maximum Gasteiger partial charge on any atom is 0.255 e. The van der Waals surface area contributed by atoms with Crippen molar-refractivity contribution >= 4 is 18.3 Å². The molecular weight excluding hydrogens is 378 g/mol. The van der Waals surface area contributed by atoms with Gasteiger partial charge in [-0.3, -0.25) is 4.79 Å². The molecule has 3 rings (SSSR count). The summed E-state index contributed by atoms with van der Waals surface area (Å²) in [5.41, 5.74) is 8.20. The highest BCUT2D eigenvalue weighted by molar-refractivity contribution is 5.97. The van der Waals surface area contributed by atoms with E-state index in [1.807, 2.05) is 32.0 Å². The van der Waals surface area contributed by atoms with E-state index in [2.05, 4.69) is 10.5 Å². The van der Waals surface area contributed by atoms with Crippen LogP contribution >= 0.6 is 12.4 Å². The summed E-state index contributed by atoms with van der Waals surface area (Å²) in [5, 5.41) is 7.07. The number of benzene rings is 1. The molecule has 1 amide bonds. The summed E-state index contributed by atoms with van der Waals surface area (Å²) in [4.78, 5) is 12.9. The molecule has 1 aliphatic rings. The predicted octanol–water partition coefficient (Wildman–Crippen LogP) is 3.93. The standard InChI is InChI=1S/C21H29N3O3.ClH/c1-14-18(15(2)27-24-14)13-26-20-11-7-6-10-17(20)21(25)23-19(12-22)16-8-4-3-5-9-16;/h6-7,10-11,16,19H,3-5,8-9,12-13,22H2,1-2H3,(H,23,25);1H. The molecule has 2 aromatic rings. The van der Waals surface area contributed by atoms with Gasteiger partial charge in [-0.15, -0.1) is 12.4 Å². The summed E-state index contributed by atoms with van der Waals surface area (Å²) < 4.78 is 11.1. The average Bonchev–Trinajstić information content (AvgIpc) is 3.02. The number of nitrogens with two attached hydrogens (primary N) is 1. The molecular formula is C21H30ClN3O3. The number of carbonyl (C=O) groups is 1. The summed E-state index contributed by atoms with van der Waals surface area (Å²) in [6.07, 6.45) is 5.97. The second kappa shape index (κ2) is 10.5. The number of para-hydroxylation sites is 1. The van der Waals surface area contributed by atoms with E-state index >= 15 is 0 Å². The lowest BCUT2D eigenvalue weighted by Gasteiger charge is -2.30. The van der Waals surface area contributed by atoms with E-state index in [1.54, 1.807) is 6.07 Å².